The zero-order valence-corrected chi connectivity index (χ0v) is 15.4. The summed E-state index contributed by atoms with van der Waals surface area (Å²) in [6.07, 6.45) is 2.22. The number of aryl methyl sites for hydroxylation is 1. The summed E-state index contributed by atoms with van der Waals surface area (Å²) in [4.78, 5) is 16.7. The van der Waals surface area contributed by atoms with E-state index >= 15 is 0 Å². The number of fused-ring (bicyclic) bond motifs is 1. The molecule has 0 bridgehead atoms. The molecule has 5 heteroatoms. The summed E-state index contributed by atoms with van der Waals surface area (Å²) in [5.41, 5.74) is 2.31. The van der Waals surface area contributed by atoms with E-state index in [1.54, 1.807) is 12.1 Å². The van der Waals surface area contributed by atoms with Gasteiger partial charge in [-0.3, -0.25) is 9.69 Å². The SMILES string of the molecule is O=C1COC2CN(CCCc3ccccc3)CC2N1Cc1ccc(F)cc1. The Balaban J connectivity index is 1.34. The highest BCUT2D eigenvalue weighted by atomic mass is 19.1. The third kappa shape index (κ3) is 4.37. The summed E-state index contributed by atoms with van der Waals surface area (Å²) in [5.74, 6) is -0.234. The molecule has 27 heavy (non-hydrogen) atoms. The van der Waals surface area contributed by atoms with Gasteiger partial charge in [-0.05, 0) is 42.6 Å². The summed E-state index contributed by atoms with van der Waals surface area (Å²) in [6, 6.07) is 17.0. The fourth-order valence-electron chi connectivity index (χ4n) is 4.07. The van der Waals surface area contributed by atoms with Crippen molar-refractivity contribution >= 4 is 5.91 Å². The quantitative estimate of drug-likeness (QED) is 0.786. The number of amides is 1. The van der Waals surface area contributed by atoms with Crippen molar-refractivity contribution in [1.29, 1.82) is 0 Å². The first-order valence-electron chi connectivity index (χ1n) is 9.61. The molecule has 2 atom stereocenters. The number of morpholine rings is 1. The van der Waals surface area contributed by atoms with Crippen LogP contribution in [0.3, 0.4) is 0 Å². The minimum absolute atomic E-state index is 0.0201. The molecule has 0 aromatic heterocycles. The van der Waals surface area contributed by atoms with E-state index in [0.717, 1.165) is 38.0 Å². The van der Waals surface area contributed by atoms with Gasteiger partial charge in [0.05, 0.1) is 12.1 Å². The summed E-state index contributed by atoms with van der Waals surface area (Å²) in [5, 5.41) is 0. The summed E-state index contributed by atoms with van der Waals surface area (Å²) in [7, 11) is 0. The Hall–Kier alpha value is -2.24. The van der Waals surface area contributed by atoms with Crippen LogP contribution >= 0.6 is 0 Å². The Morgan fingerprint density at radius 2 is 1.78 bits per heavy atom. The van der Waals surface area contributed by atoms with Crippen LogP contribution in [-0.2, 0) is 22.5 Å². The molecule has 2 aromatic rings. The zero-order valence-electron chi connectivity index (χ0n) is 15.4. The second-order valence-corrected chi connectivity index (χ2v) is 7.41. The summed E-state index contributed by atoms with van der Waals surface area (Å²) >= 11 is 0. The van der Waals surface area contributed by atoms with E-state index in [1.807, 2.05) is 11.0 Å². The van der Waals surface area contributed by atoms with E-state index in [2.05, 4.69) is 29.2 Å². The fourth-order valence-corrected chi connectivity index (χ4v) is 4.07. The van der Waals surface area contributed by atoms with Crippen molar-refractivity contribution in [2.75, 3.05) is 26.2 Å². The van der Waals surface area contributed by atoms with Crippen LogP contribution in [-0.4, -0.2) is 54.1 Å². The van der Waals surface area contributed by atoms with Gasteiger partial charge in [0.15, 0.2) is 0 Å². The first-order valence-corrected chi connectivity index (χ1v) is 9.61. The molecule has 0 saturated carbocycles. The first kappa shape index (κ1) is 18.1. The van der Waals surface area contributed by atoms with Gasteiger partial charge in [0, 0.05) is 19.6 Å². The topological polar surface area (TPSA) is 32.8 Å². The van der Waals surface area contributed by atoms with Gasteiger partial charge in [0.25, 0.3) is 0 Å². The predicted molar refractivity (Wildman–Crippen MR) is 102 cm³/mol. The number of hydrogen-bond acceptors (Lipinski definition) is 3. The van der Waals surface area contributed by atoms with Crippen LogP contribution in [0.5, 0.6) is 0 Å². The Morgan fingerprint density at radius 3 is 2.56 bits per heavy atom. The number of benzene rings is 2. The molecule has 2 unspecified atom stereocenters. The van der Waals surface area contributed by atoms with Crippen molar-refractivity contribution < 1.29 is 13.9 Å². The van der Waals surface area contributed by atoms with Gasteiger partial charge in [0.1, 0.15) is 12.4 Å². The Labute approximate surface area is 159 Å². The largest absolute Gasteiger partial charge is 0.365 e. The third-order valence-electron chi connectivity index (χ3n) is 5.50. The second-order valence-electron chi connectivity index (χ2n) is 7.41. The van der Waals surface area contributed by atoms with Crippen molar-refractivity contribution in [3.05, 3.63) is 71.5 Å². The highest BCUT2D eigenvalue weighted by molar-refractivity contribution is 5.78. The number of hydrogen-bond donors (Lipinski definition) is 0. The van der Waals surface area contributed by atoms with E-state index < -0.39 is 0 Å². The highest BCUT2D eigenvalue weighted by Gasteiger charge is 2.42. The van der Waals surface area contributed by atoms with Crippen LogP contribution in [0.1, 0.15) is 17.5 Å². The Kier molecular flexibility index (Phi) is 5.50. The van der Waals surface area contributed by atoms with Crippen molar-refractivity contribution in [3.63, 3.8) is 0 Å². The molecule has 0 spiro atoms. The lowest BCUT2D eigenvalue weighted by atomic mass is 10.1. The van der Waals surface area contributed by atoms with Gasteiger partial charge in [0.2, 0.25) is 5.91 Å². The highest BCUT2D eigenvalue weighted by Crippen LogP contribution is 2.25. The lowest BCUT2D eigenvalue weighted by Gasteiger charge is -2.36. The minimum atomic E-state index is -0.254. The predicted octanol–water partition coefficient (Wildman–Crippen LogP) is 2.87. The van der Waals surface area contributed by atoms with Crippen LogP contribution in [0.2, 0.25) is 0 Å². The van der Waals surface area contributed by atoms with Crippen LogP contribution in [0.25, 0.3) is 0 Å². The second kappa shape index (κ2) is 8.19. The standard InChI is InChI=1S/C22H25FN2O2/c23-19-10-8-18(9-11-19)13-25-20-14-24(15-21(20)27-16-22(25)26)12-4-7-17-5-2-1-3-6-17/h1-3,5-6,8-11,20-21H,4,7,12-16H2. The van der Waals surface area contributed by atoms with Gasteiger partial charge in [-0.2, -0.15) is 0 Å². The number of carbonyl (C=O) groups is 1. The number of nitrogens with zero attached hydrogens (tertiary/aromatic N) is 2. The number of ether oxygens (including phenoxy) is 1. The van der Waals surface area contributed by atoms with Gasteiger partial charge in [-0.15, -0.1) is 0 Å². The van der Waals surface area contributed by atoms with Gasteiger partial charge in [-0.1, -0.05) is 42.5 Å². The van der Waals surface area contributed by atoms with Crippen LogP contribution in [0.4, 0.5) is 4.39 Å². The molecule has 2 aliphatic heterocycles. The van der Waals surface area contributed by atoms with Gasteiger partial charge in [-0.25, -0.2) is 4.39 Å². The maximum absolute atomic E-state index is 13.1. The minimum Gasteiger partial charge on any atom is -0.365 e. The third-order valence-corrected chi connectivity index (χ3v) is 5.50. The molecule has 0 N–H and O–H groups in total. The Bertz CT molecular complexity index is 766. The molecule has 4 nitrogen and oxygen atoms in total. The van der Waals surface area contributed by atoms with E-state index in [4.69, 9.17) is 4.74 Å². The molecular formula is C22H25FN2O2. The molecule has 1 amide bonds. The molecule has 0 radical (unpaired) electrons. The number of likely N-dealkylation sites (tertiary alicyclic amines) is 1. The monoisotopic (exact) mass is 368 g/mol. The van der Waals surface area contributed by atoms with Crippen LogP contribution < -0.4 is 0 Å². The molecule has 2 aliphatic rings. The zero-order chi connectivity index (χ0) is 18.6. The molecule has 4 rings (SSSR count). The first-order chi connectivity index (χ1) is 13.2. The lowest BCUT2D eigenvalue weighted by Crippen LogP contribution is -2.53. The maximum Gasteiger partial charge on any atom is 0.249 e. The normalized spacial score (nSPS) is 22.9. The van der Waals surface area contributed by atoms with E-state index in [0.29, 0.717) is 6.54 Å². The lowest BCUT2D eigenvalue weighted by molar-refractivity contribution is -0.153. The Morgan fingerprint density at radius 1 is 1.00 bits per heavy atom. The van der Waals surface area contributed by atoms with E-state index in [9.17, 15) is 9.18 Å². The average molecular weight is 368 g/mol. The van der Waals surface area contributed by atoms with Crippen molar-refractivity contribution in [2.24, 2.45) is 0 Å². The molecule has 2 saturated heterocycles. The van der Waals surface area contributed by atoms with Gasteiger partial charge >= 0.3 is 0 Å². The number of rotatable bonds is 6. The molecule has 142 valence electrons. The molecular weight excluding hydrogens is 343 g/mol. The smallest absolute Gasteiger partial charge is 0.249 e. The molecule has 2 fully saturated rings. The molecule has 2 heterocycles. The van der Waals surface area contributed by atoms with Crippen molar-refractivity contribution in [3.8, 4) is 0 Å². The van der Waals surface area contributed by atoms with E-state index in [1.165, 1.54) is 17.7 Å². The fraction of sp³-hybridized carbons (Fsp3) is 0.409. The van der Waals surface area contributed by atoms with Crippen molar-refractivity contribution in [2.45, 2.75) is 31.5 Å². The van der Waals surface area contributed by atoms with Crippen LogP contribution in [0.15, 0.2) is 54.6 Å². The molecule has 2 aromatic carbocycles. The average Bonchev–Trinajstić information content (AvgIpc) is 3.10. The summed E-state index contributed by atoms with van der Waals surface area (Å²) in [6.45, 7) is 3.37. The number of halogens is 1. The maximum atomic E-state index is 13.1. The summed E-state index contributed by atoms with van der Waals surface area (Å²) < 4.78 is 18.9. The van der Waals surface area contributed by atoms with Gasteiger partial charge < -0.3 is 9.64 Å². The van der Waals surface area contributed by atoms with Crippen LogP contribution in [0, 0.1) is 5.82 Å². The number of carbonyl (C=O) groups excluding carboxylic acids is 1. The van der Waals surface area contributed by atoms with Crippen molar-refractivity contribution in [1.82, 2.24) is 9.80 Å². The molecule has 0 aliphatic carbocycles. The van der Waals surface area contributed by atoms with E-state index in [-0.39, 0.29) is 30.5 Å².